The third-order valence-corrected chi connectivity index (χ3v) is 5.11. The molecule has 0 aliphatic carbocycles. The number of hydrazine groups is 1. The molecule has 1 saturated heterocycles. The Kier molecular flexibility index (Phi) is 6.23. The molecule has 1 aliphatic rings. The fourth-order valence-corrected chi connectivity index (χ4v) is 3.51. The SMILES string of the molecule is NNC(=O)c1cccc(Nc2nc(Nc3ccc(N4CCCCC4)cc3)ncc2F)c1. The zero-order valence-corrected chi connectivity index (χ0v) is 16.9. The predicted molar refractivity (Wildman–Crippen MR) is 119 cm³/mol. The standard InChI is InChI=1S/C22H24FN7O/c23-19-14-25-22(27-16-7-9-18(10-8-16)30-11-2-1-3-12-30)28-20(19)26-17-6-4-5-15(13-17)21(31)29-24/h4-10,13-14H,1-3,11-12,24H2,(H,29,31)(H2,25,26,27,28). The van der Waals surface area contributed by atoms with Crippen LogP contribution in [0.3, 0.4) is 0 Å². The summed E-state index contributed by atoms with van der Waals surface area (Å²) in [5, 5.41) is 5.97. The van der Waals surface area contributed by atoms with Crippen LogP contribution < -0.4 is 26.8 Å². The summed E-state index contributed by atoms with van der Waals surface area (Å²) in [6, 6.07) is 14.5. The quantitative estimate of drug-likeness (QED) is 0.273. The number of hydrogen-bond acceptors (Lipinski definition) is 7. The third kappa shape index (κ3) is 5.07. The lowest BCUT2D eigenvalue weighted by atomic mass is 10.1. The van der Waals surface area contributed by atoms with Crippen molar-refractivity contribution in [3.05, 3.63) is 66.1 Å². The van der Waals surface area contributed by atoms with Gasteiger partial charge in [-0.3, -0.25) is 10.2 Å². The molecule has 3 aromatic rings. The molecule has 2 heterocycles. The highest BCUT2D eigenvalue weighted by atomic mass is 19.1. The first kappa shape index (κ1) is 20.5. The van der Waals surface area contributed by atoms with Crippen LogP contribution in [0.15, 0.2) is 54.7 Å². The maximum atomic E-state index is 14.3. The summed E-state index contributed by atoms with van der Waals surface area (Å²) >= 11 is 0. The number of amides is 1. The van der Waals surface area contributed by atoms with Crippen molar-refractivity contribution < 1.29 is 9.18 Å². The van der Waals surface area contributed by atoms with E-state index in [9.17, 15) is 9.18 Å². The molecule has 1 aliphatic heterocycles. The van der Waals surface area contributed by atoms with Crippen LogP contribution in [-0.4, -0.2) is 29.0 Å². The van der Waals surface area contributed by atoms with Crippen LogP contribution in [0.4, 0.5) is 33.2 Å². The maximum absolute atomic E-state index is 14.3. The lowest BCUT2D eigenvalue weighted by molar-refractivity contribution is 0.0953. The van der Waals surface area contributed by atoms with E-state index >= 15 is 0 Å². The third-order valence-electron chi connectivity index (χ3n) is 5.11. The summed E-state index contributed by atoms with van der Waals surface area (Å²) in [4.78, 5) is 22.3. The van der Waals surface area contributed by atoms with Crippen molar-refractivity contribution in [2.24, 2.45) is 5.84 Å². The number of benzene rings is 2. The molecule has 1 amide bonds. The van der Waals surface area contributed by atoms with Crippen LogP contribution in [0.2, 0.25) is 0 Å². The van der Waals surface area contributed by atoms with Gasteiger partial charge in [-0.25, -0.2) is 15.2 Å². The van der Waals surface area contributed by atoms with Gasteiger partial charge in [-0.15, -0.1) is 0 Å². The van der Waals surface area contributed by atoms with Gasteiger partial charge in [0.25, 0.3) is 5.91 Å². The summed E-state index contributed by atoms with van der Waals surface area (Å²) in [6.45, 7) is 2.16. The molecule has 0 saturated carbocycles. The van der Waals surface area contributed by atoms with Gasteiger partial charge in [-0.05, 0) is 61.7 Å². The number of nitrogens with zero attached hydrogens (tertiary/aromatic N) is 3. The molecule has 160 valence electrons. The number of halogens is 1. The number of hydrogen-bond donors (Lipinski definition) is 4. The van der Waals surface area contributed by atoms with E-state index in [2.05, 4.69) is 43.1 Å². The zero-order valence-electron chi connectivity index (χ0n) is 16.9. The molecule has 9 heteroatoms. The second kappa shape index (κ2) is 9.40. The Morgan fingerprint density at radius 3 is 2.52 bits per heavy atom. The molecule has 0 bridgehead atoms. The average molecular weight is 421 g/mol. The lowest BCUT2D eigenvalue weighted by Crippen LogP contribution is -2.29. The first-order valence-electron chi connectivity index (χ1n) is 10.1. The van der Waals surface area contributed by atoms with E-state index in [4.69, 9.17) is 5.84 Å². The van der Waals surface area contributed by atoms with E-state index in [0.717, 1.165) is 25.0 Å². The minimum atomic E-state index is -0.611. The number of rotatable bonds is 6. The van der Waals surface area contributed by atoms with E-state index < -0.39 is 11.7 Å². The molecule has 5 N–H and O–H groups in total. The smallest absolute Gasteiger partial charge is 0.265 e. The van der Waals surface area contributed by atoms with Gasteiger partial charge in [0.05, 0.1) is 6.20 Å². The fraction of sp³-hybridized carbons (Fsp3) is 0.227. The van der Waals surface area contributed by atoms with Gasteiger partial charge in [0.2, 0.25) is 5.95 Å². The highest BCUT2D eigenvalue weighted by Gasteiger charge is 2.12. The zero-order chi connectivity index (χ0) is 21.6. The first-order valence-corrected chi connectivity index (χ1v) is 10.1. The Bertz CT molecular complexity index is 1050. The second-order valence-electron chi connectivity index (χ2n) is 7.29. The maximum Gasteiger partial charge on any atom is 0.265 e. The number of carbonyl (C=O) groups excluding carboxylic acids is 1. The number of nitrogens with one attached hydrogen (secondary N) is 3. The van der Waals surface area contributed by atoms with Crippen molar-refractivity contribution in [2.45, 2.75) is 19.3 Å². The molecular formula is C22H24FN7O. The number of nitrogen functional groups attached to an aromatic ring is 1. The summed E-state index contributed by atoms with van der Waals surface area (Å²) in [7, 11) is 0. The molecule has 1 aromatic heterocycles. The highest BCUT2D eigenvalue weighted by Crippen LogP contribution is 2.24. The Balaban J connectivity index is 1.47. The Morgan fingerprint density at radius 2 is 1.77 bits per heavy atom. The van der Waals surface area contributed by atoms with E-state index in [1.54, 1.807) is 24.3 Å². The molecule has 0 atom stereocenters. The molecule has 1 fully saturated rings. The van der Waals surface area contributed by atoms with Crippen molar-refractivity contribution >= 4 is 34.7 Å². The molecule has 8 nitrogen and oxygen atoms in total. The van der Waals surface area contributed by atoms with Crippen LogP contribution in [0.1, 0.15) is 29.6 Å². The molecule has 0 unspecified atom stereocenters. The molecule has 31 heavy (non-hydrogen) atoms. The number of anilines is 5. The Hall–Kier alpha value is -3.72. The Labute approximate surface area is 179 Å². The highest BCUT2D eigenvalue weighted by molar-refractivity contribution is 5.94. The Morgan fingerprint density at radius 1 is 1.00 bits per heavy atom. The van der Waals surface area contributed by atoms with Crippen LogP contribution in [0, 0.1) is 5.82 Å². The minimum absolute atomic E-state index is 0.00672. The summed E-state index contributed by atoms with van der Waals surface area (Å²) in [6.07, 6.45) is 4.83. The van der Waals surface area contributed by atoms with Crippen molar-refractivity contribution in [1.82, 2.24) is 15.4 Å². The summed E-state index contributed by atoms with van der Waals surface area (Å²) in [5.41, 5.74) is 4.90. The van der Waals surface area contributed by atoms with Crippen molar-refractivity contribution in [3.63, 3.8) is 0 Å². The first-order chi connectivity index (χ1) is 15.1. The van der Waals surface area contributed by atoms with Gasteiger partial charge in [0.1, 0.15) is 0 Å². The predicted octanol–water partition coefficient (Wildman–Crippen LogP) is 3.70. The van der Waals surface area contributed by atoms with Crippen molar-refractivity contribution in [2.75, 3.05) is 28.6 Å². The van der Waals surface area contributed by atoms with E-state index in [1.807, 2.05) is 12.1 Å². The van der Waals surface area contributed by atoms with Crippen LogP contribution in [-0.2, 0) is 0 Å². The normalized spacial score (nSPS) is 13.5. The molecule has 4 rings (SSSR count). The monoisotopic (exact) mass is 421 g/mol. The minimum Gasteiger partial charge on any atom is -0.372 e. The number of nitrogens with two attached hydrogens (primary N) is 1. The van der Waals surface area contributed by atoms with Crippen LogP contribution >= 0.6 is 0 Å². The lowest BCUT2D eigenvalue weighted by Gasteiger charge is -2.28. The van der Waals surface area contributed by atoms with Gasteiger partial charge >= 0.3 is 0 Å². The molecule has 0 spiro atoms. The van der Waals surface area contributed by atoms with Crippen molar-refractivity contribution in [1.29, 1.82) is 0 Å². The van der Waals surface area contributed by atoms with Gasteiger partial charge < -0.3 is 15.5 Å². The number of aromatic nitrogens is 2. The van der Waals surface area contributed by atoms with Gasteiger partial charge in [-0.1, -0.05) is 6.07 Å². The second-order valence-corrected chi connectivity index (χ2v) is 7.29. The van der Waals surface area contributed by atoms with Gasteiger partial charge in [0.15, 0.2) is 11.6 Å². The number of carbonyl (C=O) groups is 1. The van der Waals surface area contributed by atoms with Crippen LogP contribution in [0.25, 0.3) is 0 Å². The molecule has 2 aromatic carbocycles. The van der Waals surface area contributed by atoms with Crippen LogP contribution in [0.5, 0.6) is 0 Å². The topological polar surface area (TPSA) is 108 Å². The average Bonchev–Trinajstić information content (AvgIpc) is 2.82. The van der Waals surface area contributed by atoms with E-state index in [0.29, 0.717) is 11.3 Å². The molecule has 0 radical (unpaired) electrons. The largest absolute Gasteiger partial charge is 0.372 e. The van der Waals surface area contributed by atoms with Gasteiger partial charge in [-0.2, -0.15) is 4.98 Å². The fourth-order valence-electron chi connectivity index (χ4n) is 3.51. The van der Waals surface area contributed by atoms with Crippen molar-refractivity contribution in [3.8, 4) is 0 Å². The van der Waals surface area contributed by atoms with Gasteiger partial charge in [0, 0.05) is 35.7 Å². The number of piperidine rings is 1. The van der Waals surface area contributed by atoms with E-state index in [1.165, 1.54) is 24.9 Å². The summed E-state index contributed by atoms with van der Waals surface area (Å²) < 4.78 is 14.3. The molecular weight excluding hydrogens is 397 g/mol. The van der Waals surface area contributed by atoms with E-state index in [-0.39, 0.29) is 11.8 Å². The summed E-state index contributed by atoms with van der Waals surface area (Å²) in [5.74, 6) is 4.36.